The Hall–Kier alpha value is -4.73. The number of halogens is 1. The first-order valence-electron chi connectivity index (χ1n) is 10.5. The summed E-state index contributed by atoms with van der Waals surface area (Å²) in [4.78, 5) is 37.2. The normalized spacial score (nSPS) is 14.2. The predicted octanol–water partition coefficient (Wildman–Crippen LogP) is 4.41. The number of hydrogen-bond donors (Lipinski definition) is 1. The third-order valence-electron chi connectivity index (χ3n) is 5.30. The molecule has 1 N–H and O–H groups in total. The average Bonchev–Trinajstić information content (AvgIpc) is 3.12. The van der Waals surface area contributed by atoms with Gasteiger partial charge in [0, 0.05) is 5.56 Å². The molecule has 0 bridgehead atoms. The van der Waals surface area contributed by atoms with Crippen LogP contribution in [0.25, 0.3) is 6.08 Å². The highest BCUT2D eigenvalue weighted by Gasteiger charge is 2.34. The Morgan fingerprint density at radius 1 is 1.06 bits per heavy atom. The SMILES string of the molecule is COc1cc(/C=C2/NC(=O)N(Cc3ccccc3F)C2=O)c([N+](=O)[O-])cc1OCc1ccccc1. The molecule has 10 heteroatoms. The Labute approximate surface area is 199 Å². The van der Waals surface area contributed by atoms with Crippen LogP contribution >= 0.6 is 0 Å². The van der Waals surface area contributed by atoms with Crippen molar-refractivity contribution >= 4 is 23.7 Å². The fourth-order valence-corrected chi connectivity index (χ4v) is 3.51. The topological polar surface area (TPSA) is 111 Å². The standard InChI is InChI=1S/C25H20FN3O6/c1-34-22-12-18(21(29(32)33)13-23(22)35-15-16-7-3-2-4-8-16)11-20-24(30)28(25(31)27-20)14-17-9-5-6-10-19(17)26/h2-13H,14-15H2,1H3,(H,27,31)/b20-11+. The largest absolute Gasteiger partial charge is 0.493 e. The van der Waals surface area contributed by atoms with Gasteiger partial charge in [0.2, 0.25) is 0 Å². The first kappa shape index (κ1) is 23.4. The number of nitro benzene ring substituents is 1. The number of imide groups is 1. The van der Waals surface area contributed by atoms with E-state index in [1.54, 1.807) is 6.07 Å². The van der Waals surface area contributed by atoms with Gasteiger partial charge < -0.3 is 14.8 Å². The average molecular weight is 477 g/mol. The predicted molar refractivity (Wildman–Crippen MR) is 124 cm³/mol. The Morgan fingerprint density at radius 3 is 2.46 bits per heavy atom. The van der Waals surface area contributed by atoms with Crippen LogP contribution in [0.4, 0.5) is 14.9 Å². The molecule has 0 atom stereocenters. The first-order chi connectivity index (χ1) is 16.9. The summed E-state index contributed by atoms with van der Waals surface area (Å²) in [6.07, 6.45) is 1.18. The molecule has 0 radical (unpaired) electrons. The monoisotopic (exact) mass is 477 g/mol. The maximum absolute atomic E-state index is 14.0. The van der Waals surface area contributed by atoms with Crippen LogP contribution in [0.5, 0.6) is 11.5 Å². The van der Waals surface area contributed by atoms with Crippen LogP contribution in [0, 0.1) is 15.9 Å². The van der Waals surface area contributed by atoms with Crippen molar-refractivity contribution in [3.05, 3.63) is 105 Å². The minimum absolute atomic E-state index is 0.0234. The third-order valence-corrected chi connectivity index (χ3v) is 5.30. The Bertz CT molecular complexity index is 1330. The molecule has 35 heavy (non-hydrogen) atoms. The van der Waals surface area contributed by atoms with Crippen LogP contribution in [0.3, 0.4) is 0 Å². The summed E-state index contributed by atoms with van der Waals surface area (Å²) in [6, 6.07) is 16.8. The molecule has 9 nitrogen and oxygen atoms in total. The molecule has 1 heterocycles. The van der Waals surface area contributed by atoms with Gasteiger partial charge in [-0.2, -0.15) is 0 Å². The maximum Gasteiger partial charge on any atom is 0.329 e. The van der Waals surface area contributed by atoms with Gasteiger partial charge >= 0.3 is 6.03 Å². The van der Waals surface area contributed by atoms with E-state index in [0.717, 1.165) is 10.5 Å². The molecule has 0 spiro atoms. The molecule has 3 aromatic rings. The van der Waals surface area contributed by atoms with E-state index >= 15 is 0 Å². The lowest BCUT2D eigenvalue weighted by Crippen LogP contribution is -2.30. The van der Waals surface area contributed by atoms with Crippen LogP contribution in [0.2, 0.25) is 0 Å². The van der Waals surface area contributed by atoms with Gasteiger partial charge in [-0.1, -0.05) is 48.5 Å². The second-order valence-corrected chi connectivity index (χ2v) is 7.56. The fourth-order valence-electron chi connectivity index (χ4n) is 3.51. The molecular weight excluding hydrogens is 457 g/mol. The highest BCUT2D eigenvalue weighted by Crippen LogP contribution is 2.36. The van der Waals surface area contributed by atoms with E-state index in [-0.39, 0.29) is 47.2 Å². The van der Waals surface area contributed by atoms with E-state index in [4.69, 9.17) is 9.47 Å². The van der Waals surface area contributed by atoms with E-state index in [9.17, 15) is 24.1 Å². The van der Waals surface area contributed by atoms with Crippen molar-refractivity contribution in [2.75, 3.05) is 7.11 Å². The number of amides is 3. The molecule has 3 aromatic carbocycles. The summed E-state index contributed by atoms with van der Waals surface area (Å²) in [7, 11) is 1.38. The molecule has 0 aliphatic carbocycles. The lowest BCUT2D eigenvalue weighted by Gasteiger charge is -2.13. The summed E-state index contributed by atoms with van der Waals surface area (Å²) in [5.74, 6) is -0.945. The van der Waals surface area contributed by atoms with E-state index in [1.165, 1.54) is 43.5 Å². The summed E-state index contributed by atoms with van der Waals surface area (Å²) in [6.45, 7) is -0.124. The molecule has 1 saturated heterocycles. The van der Waals surface area contributed by atoms with Gasteiger partial charge in [-0.25, -0.2) is 9.18 Å². The van der Waals surface area contributed by atoms with Crippen molar-refractivity contribution in [3.63, 3.8) is 0 Å². The Kier molecular flexibility index (Phi) is 6.72. The zero-order valence-corrected chi connectivity index (χ0v) is 18.6. The number of nitro groups is 1. The van der Waals surface area contributed by atoms with Crippen molar-refractivity contribution in [2.45, 2.75) is 13.2 Å². The van der Waals surface area contributed by atoms with Crippen molar-refractivity contribution in [3.8, 4) is 11.5 Å². The fraction of sp³-hybridized carbons (Fsp3) is 0.120. The second kappa shape index (κ2) is 10.0. The van der Waals surface area contributed by atoms with Crippen LogP contribution in [0.15, 0.2) is 72.4 Å². The summed E-state index contributed by atoms with van der Waals surface area (Å²) >= 11 is 0. The van der Waals surface area contributed by atoms with Gasteiger partial charge in [-0.05, 0) is 23.8 Å². The lowest BCUT2D eigenvalue weighted by molar-refractivity contribution is -0.385. The highest BCUT2D eigenvalue weighted by molar-refractivity contribution is 6.14. The van der Waals surface area contributed by atoms with Gasteiger partial charge in [-0.15, -0.1) is 0 Å². The van der Waals surface area contributed by atoms with Gasteiger partial charge in [0.25, 0.3) is 11.6 Å². The second-order valence-electron chi connectivity index (χ2n) is 7.56. The number of hydrogen-bond acceptors (Lipinski definition) is 6. The molecule has 1 fully saturated rings. The van der Waals surface area contributed by atoms with Crippen molar-refractivity contribution in [1.29, 1.82) is 0 Å². The summed E-state index contributed by atoms with van der Waals surface area (Å²) in [5.41, 5.74) is 0.503. The molecule has 1 aliphatic rings. The molecule has 178 valence electrons. The molecule has 4 rings (SSSR count). The van der Waals surface area contributed by atoms with Crippen LogP contribution < -0.4 is 14.8 Å². The maximum atomic E-state index is 14.0. The third kappa shape index (κ3) is 5.11. The summed E-state index contributed by atoms with van der Waals surface area (Å²) < 4.78 is 25.1. The number of nitrogens with zero attached hydrogens (tertiary/aromatic N) is 2. The van der Waals surface area contributed by atoms with E-state index in [0.29, 0.717) is 0 Å². The first-order valence-corrected chi connectivity index (χ1v) is 10.5. The van der Waals surface area contributed by atoms with Gasteiger partial charge in [-0.3, -0.25) is 19.8 Å². The van der Waals surface area contributed by atoms with Crippen molar-refractivity contribution < 1.29 is 28.4 Å². The highest BCUT2D eigenvalue weighted by atomic mass is 19.1. The number of carbonyl (C=O) groups excluding carboxylic acids is 2. The number of nitrogens with one attached hydrogen (secondary N) is 1. The smallest absolute Gasteiger partial charge is 0.329 e. The number of ether oxygens (including phenoxy) is 2. The van der Waals surface area contributed by atoms with Gasteiger partial charge in [0.15, 0.2) is 11.5 Å². The quantitative estimate of drug-likeness (QED) is 0.223. The minimum atomic E-state index is -0.762. The van der Waals surface area contributed by atoms with E-state index < -0.39 is 22.7 Å². The van der Waals surface area contributed by atoms with Gasteiger partial charge in [0.1, 0.15) is 18.1 Å². The van der Waals surface area contributed by atoms with E-state index in [1.807, 2.05) is 30.3 Å². The lowest BCUT2D eigenvalue weighted by atomic mass is 10.1. The minimum Gasteiger partial charge on any atom is -0.493 e. The molecule has 0 saturated carbocycles. The van der Waals surface area contributed by atoms with Crippen molar-refractivity contribution in [2.24, 2.45) is 0 Å². The number of urea groups is 1. The molecule has 3 amide bonds. The van der Waals surface area contributed by atoms with E-state index in [2.05, 4.69) is 5.32 Å². The van der Waals surface area contributed by atoms with Crippen LogP contribution in [0.1, 0.15) is 16.7 Å². The molecule has 0 unspecified atom stereocenters. The number of carbonyl (C=O) groups is 2. The molecule has 0 aromatic heterocycles. The summed E-state index contributed by atoms with van der Waals surface area (Å²) in [5, 5.41) is 14.2. The number of methoxy groups -OCH3 is 1. The molecular formula is C25H20FN3O6. The van der Waals surface area contributed by atoms with Gasteiger partial charge in [0.05, 0.1) is 30.2 Å². The van der Waals surface area contributed by atoms with Crippen LogP contribution in [-0.2, 0) is 17.9 Å². The number of rotatable bonds is 8. The van der Waals surface area contributed by atoms with Crippen LogP contribution in [-0.4, -0.2) is 28.9 Å². The Balaban J connectivity index is 1.62. The Morgan fingerprint density at radius 2 is 1.77 bits per heavy atom. The van der Waals surface area contributed by atoms with Crippen molar-refractivity contribution in [1.82, 2.24) is 10.2 Å². The zero-order valence-electron chi connectivity index (χ0n) is 18.6. The zero-order chi connectivity index (χ0) is 24.9. The molecule has 1 aliphatic heterocycles. The number of benzene rings is 3.